The van der Waals surface area contributed by atoms with Gasteiger partial charge in [0.2, 0.25) is 15.9 Å². The molecule has 0 radical (unpaired) electrons. The zero-order valence-electron chi connectivity index (χ0n) is 14.6. The number of rotatable bonds is 7. The number of sulfonamides is 1. The fraction of sp³-hybridized carbons (Fsp3) is 0.278. The second kappa shape index (κ2) is 8.13. The van der Waals surface area contributed by atoms with Crippen LogP contribution in [0.3, 0.4) is 0 Å². The van der Waals surface area contributed by atoms with Gasteiger partial charge in [-0.3, -0.25) is 4.79 Å². The van der Waals surface area contributed by atoms with Crippen LogP contribution in [0, 0.1) is 0 Å². The standard InChI is InChI=1S/C18H23N3O3S/c1-4-20(2)16-10-8-9-15(13-16)19-18(22)14-21(3)25(23,24)17-11-6-5-7-12-17/h5-13H,4,14H2,1-3H3,(H,19,22). The van der Waals surface area contributed by atoms with Crippen molar-refractivity contribution in [1.82, 2.24) is 4.31 Å². The summed E-state index contributed by atoms with van der Waals surface area (Å²) in [6.45, 7) is 2.62. The van der Waals surface area contributed by atoms with Gasteiger partial charge in [0.25, 0.3) is 0 Å². The molecule has 0 spiro atoms. The van der Waals surface area contributed by atoms with E-state index >= 15 is 0 Å². The molecule has 0 saturated heterocycles. The van der Waals surface area contributed by atoms with Crippen LogP contribution in [0.2, 0.25) is 0 Å². The minimum atomic E-state index is -3.69. The van der Waals surface area contributed by atoms with E-state index in [1.807, 2.05) is 37.1 Å². The third kappa shape index (κ3) is 4.80. The van der Waals surface area contributed by atoms with Crippen molar-refractivity contribution in [1.29, 1.82) is 0 Å². The molecule has 6 nitrogen and oxygen atoms in total. The van der Waals surface area contributed by atoms with Crippen LogP contribution >= 0.6 is 0 Å². The SMILES string of the molecule is CCN(C)c1cccc(NC(=O)CN(C)S(=O)(=O)c2ccccc2)c1. The molecule has 0 aliphatic rings. The summed E-state index contributed by atoms with van der Waals surface area (Å²) in [5.41, 5.74) is 1.61. The van der Waals surface area contributed by atoms with Crippen LogP contribution in [-0.2, 0) is 14.8 Å². The number of benzene rings is 2. The maximum absolute atomic E-state index is 12.4. The summed E-state index contributed by atoms with van der Waals surface area (Å²) in [6, 6.07) is 15.5. The molecule has 0 aliphatic heterocycles. The first-order chi connectivity index (χ1) is 11.8. The molecule has 0 unspecified atom stereocenters. The number of anilines is 2. The van der Waals surface area contributed by atoms with E-state index in [0.29, 0.717) is 5.69 Å². The molecule has 0 fully saturated rings. The summed E-state index contributed by atoms with van der Waals surface area (Å²) < 4.78 is 25.9. The van der Waals surface area contributed by atoms with Gasteiger partial charge in [0, 0.05) is 32.0 Å². The van der Waals surface area contributed by atoms with Crippen LogP contribution in [0.4, 0.5) is 11.4 Å². The number of amides is 1. The van der Waals surface area contributed by atoms with Crippen molar-refractivity contribution in [2.24, 2.45) is 0 Å². The molecule has 25 heavy (non-hydrogen) atoms. The number of nitrogens with zero attached hydrogens (tertiary/aromatic N) is 2. The van der Waals surface area contributed by atoms with Crippen molar-refractivity contribution in [2.75, 3.05) is 37.4 Å². The molecule has 2 aromatic carbocycles. The third-order valence-corrected chi connectivity index (χ3v) is 5.68. The highest BCUT2D eigenvalue weighted by Gasteiger charge is 2.22. The third-order valence-electron chi connectivity index (χ3n) is 3.86. The molecule has 7 heteroatoms. The average Bonchev–Trinajstić information content (AvgIpc) is 2.61. The Balaban J connectivity index is 2.05. The summed E-state index contributed by atoms with van der Waals surface area (Å²) in [4.78, 5) is 14.4. The average molecular weight is 361 g/mol. The van der Waals surface area contributed by atoms with Crippen molar-refractivity contribution in [3.8, 4) is 0 Å². The Bertz CT molecular complexity index is 822. The maximum atomic E-state index is 12.4. The Hall–Kier alpha value is -2.38. The molecule has 1 N–H and O–H groups in total. The predicted octanol–water partition coefficient (Wildman–Crippen LogP) is 2.40. The summed E-state index contributed by atoms with van der Waals surface area (Å²) in [5, 5.41) is 2.74. The Labute approximate surface area is 149 Å². The van der Waals surface area contributed by atoms with E-state index in [1.165, 1.54) is 19.2 Å². The monoisotopic (exact) mass is 361 g/mol. The van der Waals surface area contributed by atoms with Crippen LogP contribution in [0.15, 0.2) is 59.5 Å². The number of nitrogens with one attached hydrogen (secondary N) is 1. The van der Waals surface area contributed by atoms with Crippen LogP contribution in [0.25, 0.3) is 0 Å². The first kappa shape index (κ1) is 19.0. The molecule has 0 aliphatic carbocycles. The molecule has 0 heterocycles. The predicted molar refractivity (Wildman–Crippen MR) is 100 cm³/mol. The van der Waals surface area contributed by atoms with Gasteiger partial charge >= 0.3 is 0 Å². The zero-order valence-corrected chi connectivity index (χ0v) is 15.5. The first-order valence-corrected chi connectivity index (χ1v) is 9.41. The van der Waals surface area contributed by atoms with Crippen LogP contribution in [-0.4, -0.2) is 45.8 Å². The molecule has 0 aromatic heterocycles. The molecule has 1 amide bonds. The van der Waals surface area contributed by atoms with Crippen molar-refractivity contribution in [3.63, 3.8) is 0 Å². The van der Waals surface area contributed by atoms with Gasteiger partial charge < -0.3 is 10.2 Å². The van der Waals surface area contributed by atoms with Gasteiger partial charge in [0.1, 0.15) is 0 Å². The van der Waals surface area contributed by atoms with E-state index in [-0.39, 0.29) is 11.4 Å². The van der Waals surface area contributed by atoms with E-state index in [9.17, 15) is 13.2 Å². The summed E-state index contributed by atoms with van der Waals surface area (Å²) in [6.07, 6.45) is 0. The van der Waals surface area contributed by atoms with Crippen molar-refractivity contribution in [2.45, 2.75) is 11.8 Å². The van der Waals surface area contributed by atoms with Crippen LogP contribution in [0.1, 0.15) is 6.92 Å². The highest BCUT2D eigenvalue weighted by Crippen LogP contribution is 2.18. The number of carbonyl (C=O) groups excluding carboxylic acids is 1. The number of hydrogen-bond acceptors (Lipinski definition) is 4. The summed E-state index contributed by atoms with van der Waals surface area (Å²) in [7, 11) is -0.336. The highest BCUT2D eigenvalue weighted by atomic mass is 32.2. The number of carbonyl (C=O) groups is 1. The Morgan fingerprint density at radius 2 is 1.72 bits per heavy atom. The van der Waals surface area contributed by atoms with Crippen molar-refractivity contribution in [3.05, 3.63) is 54.6 Å². The van der Waals surface area contributed by atoms with E-state index in [0.717, 1.165) is 16.5 Å². The highest BCUT2D eigenvalue weighted by molar-refractivity contribution is 7.89. The van der Waals surface area contributed by atoms with E-state index in [1.54, 1.807) is 24.3 Å². The van der Waals surface area contributed by atoms with Gasteiger partial charge in [-0.2, -0.15) is 4.31 Å². The number of likely N-dealkylation sites (N-methyl/N-ethyl adjacent to an activating group) is 1. The van der Waals surface area contributed by atoms with E-state index in [2.05, 4.69) is 5.32 Å². The first-order valence-electron chi connectivity index (χ1n) is 7.97. The molecular formula is C18H23N3O3S. The zero-order chi connectivity index (χ0) is 18.4. The fourth-order valence-corrected chi connectivity index (χ4v) is 3.41. The Morgan fingerprint density at radius 1 is 1.04 bits per heavy atom. The molecular weight excluding hydrogens is 338 g/mol. The molecule has 134 valence electrons. The van der Waals surface area contributed by atoms with E-state index < -0.39 is 15.9 Å². The van der Waals surface area contributed by atoms with Gasteiger partial charge in [-0.1, -0.05) is 24.3 Å². The smallest absolute Gasteiger partial charge is 0.243 e. The molecule has 2 rings (SSSR count). The normalized spacial score (nSPS) is 11.4. The fourth-order valence-electron chi connectivity index (χ4n) is 2.26. The molecule has 0 atom stereocenters. The Kier molecular flexibility index (Phi) is 6.17. The lowest BCUT2D eigenvalue weighted by Crippen LogP contribution is -2.35. The lowest BCUT2D eigenvalue weighted by molar-refractivity contribution is -0.116. The lowest BCUT2D eigenvalue weighted by Gasteiger charge is -2.19. The minimum Gasteiger partial charge on any atom is -0.375 e. The second-order valence-corrected chi connectivity index (χ2v) is 7.73. The molecule has 2 aromatic rings. The lowest BCUT2D eigenvalue weighted by atomic mass is 10.2. The second-order valence-electron chi connectivity index (χ2n) is 5.69. The van der Waals surface area contributed by atoms with Gasteiger partial charge in [-0.05, 0) is 37.3 Å². The quantitative estimate of drug-likeness (QED) is 0.822. The number of hydrogen-bond donors (Lipinski definition) is 1. The van der Waals surface area contributed by atoms with Crippen molar-refractivity contribution >= 4 is 27.3 Å². The van der Waals surface area contributed by atoms with Gasteiger partial charge in [-0.15, -0.1) is 0 Å². The maximum Gasteiger partial charge on any atom is 0.243 e. The summed E-state index contributed by atoms with van der Waals surface area (Å²) in [5.74, 6) is -0.390. The molecule has 0 saturated carbocycles. The van der Waals surface area contributed by atoms with Crippen molar-refractivity contribution < 1.29 is 13.2 Å². The van der Waals surface area contributed by atoms with Gasteiger partial charge in [0.05, 0.1) is 11.4 Å². The van der Waals surface area contributed by atoms with E-state index in [4.69, 9.17) is 0 Å². The minimum absolute atomic E-state index is 0.164. The topological polar surface area (TPSA) is 69.7 Å². The summed E-state index contributed by atoms with van der Waals surface area (Å²) >= 11 is 0. The van der Waals surface area contributed by atoms with Crippen LogP contribution in [0.5, 0.6) is 0 Å². The van der Waals surface area contributed by atoms with Gasteiger partial charge in [0.15, 0.2) is 0 Å². The Morgan fingerprint density at radius 3 is 2.36 bits per heavy atom. The van der Waals surface area contributed by atoms with Gasteiger partial charge in [-0.25, -0.2) is 8.42 Å². The van der Waals surface area contributed by atoms with Crippen LogP contribution < -0.4 is 10.2 Å². The molecule has 0 bridgehead atoms. The largest absolute Gasteiger partial charge is 0.375 e.